The molecule has 1 aromatic carbocycles. The lowest BCUT2D eigenvalue weighted by Gasteiger charge is -2.18. The molecule has 0 aliphatic heterocycles. The molecule has 0 aliphatic carbocycles. The fraction of sp³-hybridized carbons (Fsp3) is 0.267. The fourth-order valence-corrected chi connectivity index (χ4v) is 2.36. The van der Waals surface area contributed by atoms with Crippen LogP contribution in [0.2, 0.25) is 5.02 Å². The van der Waals surface area contributed by atoms with E-state index in [1.54, 1.807) is 6.26 Å². The van der Waals surface area contributed by atoms with Gasteiger partial charge in [0, 0.05) is 18.2 Å². The molecule has 5 nitrogen and oxygen atoms in total. The molecule has 1 heterocycles. The second-order valence-electron chi connectivity index (χ2n) is 4.89. The molecule has 2 aromatic rings. The number of hydrogen-bond acceptors (Lipinski definition) is 4. The van der Waals surface area contributed by atoms with E-state index in [2.05, 4.69) is 5.32 Å². The highest BCUT2D eigenvalue weighted by atomic mass is 35.5. The molecule has 0 saturated heterocycles. The number of carboxylic acid groups (broad SMARTS) is 1. The molecule has 0 bridgehead atoms. The number of anilines is 2. The van der Waals surface area contributed by atoms with Crippen LogP contribution in [0.25, 0.3) is 0 Å². The summed E-state index contributed by atoms with van der Waals surface area (Å²) in [6.45, 7) is 1.96. The van der Waals surface area contributed by atoms with Gasteiger partial charge >= 0.3 is 5.97 Å². The molecule has 0 amide bonds. The molecule has 2 rings (SSSR count). The van der Waals surface area contributed by atoms with Gasteiger partial charge in [-0.05, 0) is 37.6 Å². The fourth-order valence-electron chi connectivity index (χ4n) is 2.08. The number of nitrogen functional groups attached to an aromatic ring is 1. The predicted molar refractivity (Wildman–Crippen MR) is 82.9 cm³/mol. The molecule has 6 heteroatoms. The van der Waals surface area contributed by atoms with Gasteiger partial charge in [-0.25, -0.2) is 4.79 Å². The summed E-state index contributed by atoms with van der Waals surface area (Å²) in [7, 11) is 0. The predicted octanol–water partition coefficient (Wildman–Crippen LogP) is 3.65. The molecule has 21 heavy (non-hydrogen) atoms. The Hall–Kier alpha value is -2.14. The summed E-state index contributed by atoms with van der Waals surface area (Å²) in [5.41, 5.74) is 6.42. The largest absolute Gasteiger partial charge is 0.478 e. The van der Waals surface area contributed by atoms with Crippen molar-refractivity contribution in [2.24, 2.45) is 0 Å². The first-order valence-corrected chi connectivity index (χ1v) is 6.96. The minimum Gasteiger partial charge on any atom is -0.478 e. The smallest absolute Gasteiger partial charge is 0.337 e. The van der Waals surface area contributed by atoms with Gasteiger partial charge in [0.15, 0.2) is 0 Å². The molecule has 112 valence electrons. The van der Waals surface area contributed by atoms with Crippen molar-refractivity contribution in [3.05, 3.63) is 46.9 Å². The van der Waals surface area contributed by atoms with E-state index >= 15 is 0 Å². The van der Waals surface area contributed by atoms with Crippen LogP contribution in [-0.2, 0) is 6.42 Å². The van der Waals surface area contributed by atoms with E-state index in [-0.39, 0.29) is 11.6 Å². The van der Waals surface area contributed by atoms with Crippen molar-refractivity contribution in [1.29, 1.82) is 0 Å². The number of halogens is 1. The Kier molecular flexibility index (Phi) is 4.75. The molecule has 1 atom stereocenters. The van der Waals surface area contributed by atoms with E-state index in [4.69, 9.17) is 21.8 Å². The van der Waals surface area contributed by atoms with Gasteiger partial charge in [-0.15, -0.1) is 0 Å². The van der Waals surface area contributed by atoms with Crippen LogP contribution in [0, 0.1) is 0 Å². The van der Waals surface area contributed by atoms with Crippen molar-refractivity contribution in [2.75, 3.05) is 11.1 Å². The Balaban J connectivity index is 2.09. The number of hydrogen-bond donors (Lipinski definition) is 3. The van der Waals surface area contributed by atoms with Crippen molar-refractivity contribution in [3.63, 3.8) is 0 Å². The Labute approximate surface area is 127 Å². The number of aromatic carboxylic acids is 1. The van der Waals surface area contributed by atoms with Gasteiger partial charge in [0.1, 0.15) is 5.76 Å². The highest BCUT2D eigenvalue weighted by Crippen LogP contribution is 2.30. The zero-order valence-corrected chi connectivity index (χ0v) is 12.4. The van der Waals surface area contributed by atoms with Gasteiger partial charge in [-0.1, -0.05) is 11.6 Å². The summed E-state index contributed by atoms with van der Waals surface area (Å²) in [6, 6.07) is 6.72. The molecule has 0 aliphatic rings. The molecular formula is C15H17ClN2O3. The van der Waals surface area contributed by atoms with Gasteiger partial charge in [-0.2, -0.15) is 0 Å². The van der Waals surface area contributed by atoms with Crippen molar-refractivity contribution in [2.45, 2.75) is 25.8 Å². The molecule has 0 spiro atoms. The van der Waals surface area contributed by atoms with Crippen LogP contribution in [0.3, 0.4) is 0 Å². The molecule has 0 radical (unpaired) electrons. The summed E-state index contributed by atoms with van der Waals surface area (Å²) in [6.07, 6.45) is 3.18. The monoisotopic (exact) mass is 308 g/mol. The highest BCUT2D eigenvalue weighted by molar-refractivity contribution is 6.34. The zero-order chi connectivity index (χ0) is 15.4. The van der Waals surface area contributed by atoms with E-state index in [0.717, 1.165) is 18.6 Å². The number of nitrogens with one attached hydrogen (secondary N) is 1. The number of aryl methyl sites for hydroxylation is 1. The van der Waals surface area contributed by atoms with Gasteiger partial charge in [0.25, 0.3) is 0 Å². The van der Waals surface area contributed by atoms with Crippen LogP contribution in [0.4, 0.5) is 11.4 Å². The average Bonchev–Trinajstić information content (AvgIpc) is 2.92. The van der Waals surface area contributed by atoms with Crippen LogP contribution in [-0.4, -0.2) is 17.1 Å². The lowest BCUT2D eigenvalue weighted by molar-refractivity contribution is 0.0698. The van der Waals surface area contributed by atoms with E-state index in [9.17, 15) is 9.90 Å². The number of carboxylic acids is 1. The quantitative estimate of drug-likeness (QED) is 0.709. The number of rotatable bonds is 6. The van der Waals surface area contributed by atoms with Crippen LogP contribution in [0.5, 0.6) is 0 Å². The van der Waals surface area contributed by atoms with Crippen LogP contribution in [0.1, 0.15) is 29.5 Å². The third kappa shape index (κ3) is 3.92. The molecule has 1 unspecified atom stereocenters. The summed E-state index contributed by atoms with van der Waals surface area (Å²) in [5, 5.41) is 12.7. The van der Waals surface area contributed by atoms with E-state index in [1.807, 2.05) is 19.1 Å². The second kappa shape index (κ2) is 6.54. The normalized spacial score (nSPS) is 12.1. The van der Waals surface area contributed by atoms with Crippen LogP contribution in [0.15, 0.2) is 34.9 Å². The van der Waals surface area contributed by atoms with Crippen molar-refractivity contribution in [1.82, 2.24) is 0 Å². The topological polar surface area (TPSA) is 88.5 Å². The Morgan fingerprint density at radius 3 is 2.90 bits per heavy atom. The van der Waals surface area contributed by atoms with Gasteiger partial charge in [-0.3, -0.25) is 0 Å². The number of carbonyl (C=O) groups is 1. The maximum atomic E-state index is 11.3. The van der Waals surface area contributed by atoms with E-state index in [1.165, 1.54) is 12.1 Å². The Bertz CT molecular complexity index is 626. The SMILES string of the molecule is CC(CCc1ccco1)Nc1c(Cl)cc(N)cc1C(=O)O. The first-order chi connectivity index (χ1) is 9.97. The molecule has 1 aromatic heterocycles. The number of furan rings is 1. The first-order valence-electron chi connectivity index (χ1n) is 6.58. The second-order valence-corrected chi connectivity index (χ2v) is 5.30. The maximum absolute atomic E-state index is 11.3. The lowest BCUT2D eigenvalue weighted by Crippen LogP contribution is -2.18. The minimum absolute atomic E-state index is 0.0364. The van der Waals surface area contributed by atoms with Crippen molar-refractivity contribution < 1.29 is 14.3 Å². The van der Waals surface area contributed by atoms with E-state index < -0.39 is 5.97 Å². The third-order valence-corrected chi connectivity index (χ3v) is 3.44. The third-order valence-electron chi connectivity index (χ3n) is 3.14. The zero-order valence-electron chi connectivity index (χ0n) is 11.6. The van der Waals surface area contributed by atoms with Gasteiger partial charge in [0.05, 0.1) is 22.5 Å². The molecule has 0 fully saturated rings. The summed E-state index contributed by atoms with van der Waals surface area (Å²) in [4.78, 5) is 11.3. The summed E-state index contributed by atoms with van der Waals surface area (Å²) < 4.78 is 5.27. The minimum atomic E-state index is -1.06. The highest BCUT2D eigenvalue weighted by Gasteiger charge is 2.16. The van der Waals surface area contributed by atoms with Crippen molar-refractivity contribution >= 4 is 28.9 Å². The Morgan fingerprint density at radius 1 is 1.52 bits per heavy atom. The maximum Gasteiger partial charge on any atom is 0.337 e. The summed E-state index contributed by atoms with van der Waals surface area (Å²) >= 11 is 6.10. The molecular weight excluding hydrogens is 292 g/mol. The van der Waals surface area contributed by atoms with Crippen LogP contribution < -0.4 is 11.1 Å². The molecule has 4 N–H and O–H groups in total. The first kappa shape index (κ1) is 15.3. The lowest BCUT2D eigenvalue weighted by atomic mass is 10.1. The Morgan fingerprint density at radius 2 is 2.29 bits per heavy atom. The summed E-state index contributed by atoms with van der Waals surface area (Å²) in [5.74, 6) is -0.171. The standard InChI is InChI=1S/C15H17ClN2O3/c1-9(4-5-11-3-2-6-21-11)18-14-12(15(19)20)7-10(17)8-13(14)16/h2-3,6-9,18H,4-5,17H2,1H3,(H,19,20). The number of nitrogens with two attached hydrogens (primary N) is 1. The number of benzene rings is 1. The molecule has 0 saturated carbocycles. The van der Waals surface area contributed by atoms with Gasteiger partial charge < -0.3 is 20.6 Å². The van der Waals surface area contributed by atoms with Crippen LogP contribution >= 0.6 is 11.6 Å². The van der Waals surface area contributed by atoms with Crippen molar-refractivity contribution in [3.8, 4) is 0 Å². The average molecular weight is 309 g/mol. The van der Waals surface area contributed by atoms with E-state index in [0.29, 0.717) is 16.4 Å². The van der Waals surface area contributed by atoms with Gasteiger partial charge in [0.2, 0.25) is 0 Å².